The van der Waals surface area contributed by atoms with E-state index in [1.54, 1.807) is 7.11 Å². The van der Waals surface area contributed by atoms with Crippen LogP contribution in [0.1, 0.15) is 33.6 Å². The lowest BCUT2D eigenvalue weighted by molar-refractivity contribution is 0.0132. The van der Waals surface area contributed by atoms with Gasteiger partial charge < -0.3 is 10.1 Å². The standard InChI is InChI=1S/C10H21NO/c1-7(2)8(3)11-9-5-10(6-9)12-4/h7-11H,5-6H2,1-4H3/t8?,9-,10-. The van der Waals surface area contributed by atoms with Crippen LogP contribution in [0.25, 0.3) is 0 Å². The first-order chi connectivity index (χ1) is 5.63. The van der Waals surface area contributed by atoms with E-state index in [4.69, 9.17) is 4.74 Å². The molecule has 0 saturated heterocycles. The Morgan fingerprint density at radius 1 is 1.25 bits per heavy atom. The first-order valence-electron chi connectivity index (χ1n) is 4.92. The van der Waals surface area contributed by atoms with Crippen molar-refractivity contribution in [3.63, 3.8) is 0 Å². The van der Waals surface area contributed by atoms with Crippen LogP contribution < -0.4 is 5.32 Å². The topological polar surface area (TPSA) is 21.3 Å². The molecule has 0 heterocycles. The van der Waals surface area contributed by atoms with Crippen molar-refractivity contribution in [2.45, 2.75) is 51.8 Å². The second-order valence-corrected chi connectivity index (χ2v) is 4.23. The molecule has 0 aromatic carbocycles. The number of hydrogen-bond acceptors (Lipinski definition) is 2. The van der Waals surface area contributed by atoms with Crippen LogP contribution in [0, 0.1) is 5.92 Å². The molecule has 2 heteroatoms. The largest absolute Gasteiger partial charge is 0.381 e. The average Bonchev–Trinajstić information content (AvgIpc) is 1.94. The van der Waals surface area contributed by atoms with Gasteiger partial charge in [0.05, 0.1) is 6.10 Å². The highest BCUT2D eigenvalue weighted by molar-refractivity contribution is 4.87. The number of hydrogen-bond donors (Lipinski definition) is 1. The minimum absolute atomic E-state index is 0.516. The smallest absolute Gasteiger partial charge is 0.0601 e. The molecule has 0 radical (unpaired) electrons. The molecule has 0 aromatic rings. The predicted molar refractivity (Wildman–Crippen MR) is 51.3 cm³/mol. The Morgan fingerprint density at radius 3 is 2.25 bits per heavy atom. The van der Waals surface area contributed by atoms with E-state index in [9.17, 15) is 0 Å². The molecule has 72 valence electrons. The Hall–Kier alpha value is -0.0800. The molecule has 1 aliphatic carbocycles. The number of nitrogens with one attached hydrogen (secondary N) is 1. The molecule has 12 heavy (non-hydrogen) atoms. The SMILES string of the molecule is CO[C@H]1C[C@H](NC(C)C(C)C)C1. The lowest BCUT2D eigenvalue weighted by atomic mass is 9.88. The summed E-state index contributed by atoms with van der Waals surface area (Å²) in [5, 5.41) is 3.60. The highest BCUT2D eigenvalue weighted by atomic mass is 16.5. The summed E-state index contributed by atoms with van der Waals surface area (Å²) >= 11 is 0. The second kappa shape index (κ2) is 4.24. The third-order valence-electron chi connectivity index (χ3n) is 2.93. The molecule has 0 spiro atoms. The summed E-state index contributed by atoms with van der Waals surface area (Å²) in [6.45, 7) is 6.76. The first-order valence-corrected chi connectivity index (χ1v) is 4.92. The molecule has 0 aromatic heterocycles. The molecule has 1 N–H and O–H groups in total. The monoisotopic (exact) mass is 171 g/mol. The normalized spacial score (nSPS) is 31.8. The zero-order valence-electron chi connectivity index (χ0n) is 8.63. The zero-order valence-corrected chi connectivity index (χ0v) is 8.63. The molecular formula is C10H21NO. The van der Waals surface area contributed by atoms with E-state index in [-0.39, 0.29) is 0 Å². The maximum absolute atomic E-state index is 5.22. The van der Waals surface area contributed by atoms with Crippen molar-refractivity contribution in [3.05, 3.63) is 0 Å². The maximum atomic E-state index is 5.22. The molecule has 0 bridgehead atoms. The lowest BCUT2D eigenvalue weighted by Gasteiger charge is -2.37. The van der Waals surface area contributed by atoms with Gasteiger partial charge in [0.25, 0.3) is 0 Å². The summed E-state index contributed by atoms with van der Waals surface area (Å²) in [6.07, 6.45) is 2.89. The summed E-state index contributed by atoms with van der Waals surface area (Å²) in [7, 11) is 1.80. The van der Waals surface area contributed by atoms with E-state index in [2.05, 4.69) is 26.1 Å². The fourth-order valence-corrected chi connectivity index (χ4v) is 1.46. The van der Waals surface area contributed by atoms with Crippen molar-refractivity contribution in [1.82, 2.24) is 5.32 Å². The van der Waals surface area contributed by atoms with Gasteiger partial charge in [-0.25, -0.2) is 0 Å². The summed E-state index contributed by atoms with van der Waals surface area (Å²) in [6, 6.07) is 1.33. The summed E-state index contributed by atoms with van der Waals surface area (Å²) in [5.74, 6) is 0.728. The Bertz CT molecular complexity index is 130. The number of methoxy groups -OCH3 is 1. The first kappa shape index (κ1) is 10.0. The number of ether oxygens (including phenoxy) is 1. The van der Waals surface area contributed by atoms with Crippen LogP contribution in [0.5, 0.6) is 0 Å². The van der Waals surface area contributed by atoms with Gasteiger partial charge in [-0.2, -0.15) is 0 Å². The van der Waals surface area contributed by atoms with Crippen LogP contribution in [0.4, 0.5) is 0 Å². The van der Waals surface area contributed by atoms with Crippen molar-refractivity contribution < 1.29 is 4.74 Å². The predicted octanol–water partition coefficient (Wildman–Crippen LogP) is 1.80. The molecule has 1 atom stereocenters. The van der Waals surface area contributed by atoms with Crippen molar-refractivity contribution in [2.24, 2.45) is 5.92 Å². The third kappa shape index (κ3) is 2.46. The fourth-order valence-electron chi connectivity index (χ4n) is 1.46. The van der Waals surface area contributed by atoms with Gasteiger partial charge >= 0.3 is 0 Å². The minimum Gasteiger partial charge on any atom is -0.381 e. The molecule has 1 fully saturated rings. The van der Waals surface area contributed by atoms with Gasteiger partial charge in [0.2, 0.25) is 0 Å². The van der Waals surface area contributed by atoms with Crippen LogP contribution in [0.3, 0.4) is 0 Å². The lowest BCUT2D eigenvalue weighted by Crippen LogP contribution is -2.49. The van der Waals surface area contributed by atoms with Gasteiger partial charge in [0, 0.05) is 19.2 Å². The van der Waals surface area contributed by atoms with E-state index >= 15 is 0 Å². The zero-order chi connectivity index (χ0) is 9.14. The van der Waals surface area contributed by atoms with E-state index < -0.39 is 0 Å². The highest BCUT2D eigenvalue weighted by Gasteiger charge is 2.29. The van der Waals surface area contributed by atoms with Gasteiger partial charge in [0.1, 0.15) is 0 Å². The Morgan fingerprint density at radius 2 is 1.83 bits per heavy atom. The molecular weight excluding hydrogens is 150 g/mol. The van der Waals surface area contributed by atoms with E-state index in [0.29, 0.717) is 18.2 Å². The fraction of sp³-hybridized carbons (Fsp3) is 1.00. The molecule has 1 aliphatic rings. The van der Waals surface area contributed by atoms with Crippen LogP contribution in [0.15, 0.2) is 0 Å². The minimum atomic E-state index is 0.516. The molecule has 1 saturated carbocycles. The summed E-state index contributed by atoms with van der Waals surface area (Å²) in [4.78, 5) is 0. The Kier molecular flexibility index (Phi) is 3.53. The third-order valence-corrected chi connectivity index (χ3v) is 2.93. The summed E-state index contributed by atoms with van der Waals surface area (Å²) in [5.41, 5.74) is 0. The van der Waals surface area contributed by atoms with Crippen LogP contribution in [-0.4, -0.2) is 25.3 Å². The van der Waals surface area contributed by atoms with E-state index in [1.165, 1.54) is 12.8 Å². The van der Waals surface area contributed by atoms with Crippen LogP contribution in [0.2, 0.25) is 0 Å². The van der Waals surface area contributed by atoms with Gasteiger partial charge in [-0.05, 0) is 25.7 Å². The maximum Gasteiger partial charge on any atom is 0.0601 e. The molecule has 1 unspecified atom stereocenters. The van der Waals surface area contributed by atoms with E-state index in [0.717, 1.165) is 5.92 Å². The van der Waals surface area contributed by atoms with Gasteiger partial charge in [-0.3, -0.25) is 0 Å². The van der Waals surface area contributed by atoms with Crippen molar-refractivity contribution in [1.29, 1.82) is 0 Å². The Balaban J connectivity index is 2.10. The summed E-state index contributed by atoms with van der Waals surface area (Å²) < 4.78 is 5.22. The number of rotatable bonds is 4. The average molecular weight is 171 g/mol. The molecule has 2 nitrogen and oxygen atoms in total. The van der Waals surface area contributed by atoms with Crippen molar-refractivity contribution >= 4 is 0 Å². The van der Waals surface area contributed by atoms with Gasteiger partial charge in [-0.1, -0.05) is 13.8 Å². The van der Waals surface area contributed by atoms with Gasteiger partial charge in [0.15, 0.2) is 0 Å². The van der Waals surface area contributed by atoms with Crippen molar-refractivity contribution in [2.75, 3.05) is 7.11 Å². The Labute approximate surface area is 75.7 Å². The second-order valence-electron chi connectivity index (χ2n) is 4.23. The van der Waals surface area contributed by atoms with E-state index in [1.807, 2.05) is 0 Å². The molecule has 1 rings (SSSR count). The molecule has 0 aliphatic heterocycles. The quantitative estimate of drug-likeness (QED) is 0.696. The van der Waals surface area contributed by atoms with Gasteiger partial charge in [-0.15, -0.1) is 0 Å². The van der Waals surface area contributed by atoms with Crippen LogP contribution >= 0.6 is 0 Å². The highest BCUT2D eigenvalue weighted by Crippen LogP contribution is 2.23. The van der Waals surface area contributed by atoms with Crippen LogP contribution in [-0.2, 0) is 4.74 Å². The molecule has 0 amide bonds. The van der Waals surface area contributed by atoms with Crippen molar-refractivity contribution in [3.8, 4) is 0 Å².